The van der Waals surface area contributed by atoms with Gasteiger partial charge in [-0.2, -0.15) is 0 Å². The minimum Gasteiger partial charge on any atom is -0.456 e. The van der Waals surface area contributed by atoms with Gasteiger partial charge in [-0.05, 0) is 0 Å². The number of nitrogens with zero attached hydrogens (tertiary/aromatic N) is 3. The monoisotopic (exact) mass is 368 g/mol. The highest BCUT2D eigenvalue weighted by atomic mass is 32.1. The van der Waals surface area contributed by atoms with Crippen molar-refractivity contribution in [2.24, 2.45) is 0 Å². The molecule has 134 valence electrons. The van der Waals surface area contributed by atoms with Gasteiger partial charge in [0.2, 0.25) is 0 Å². The first-order chi connectivity index (χ1) is 11.9. The molecule has 3 rings (SSSR count). The molecule has 10 nitrogen and oxygen atoms in total. The van der Waals surface area contributed by atoms with Gasteiger partial charge in [0.15, 0.2) is 23.1 Å². The average molecular weight is 368 g/mol. The fourth-order valence-electron chi connectivity index (χ4n) is 2.80. The largest absolute Gasteiger partial charge is 0.456 e. The molecule has 2 N–H and O–H groups in total. The molecule has 0 aliphatic carbocycles. The second kappa shape index (κ2) is 6.86. The minimum atomic E-state index is -0.967. The van der Waals surface area contributed by atoms with E-state index in [2.05, 4.69) is 15.0 Å². The maximum atomic E-state index is 11.5. The molecule has 0 spiro atoms. The third kappa shape index (κ3) is 3.25. The van der Waals surface area contributed by atoms with E-state index in [0.717, 1.165) is 0 Å². The first kappa shape index (κ1) is 17.5. The van der Waals surface area contributed by atoms with E-state index in [0.29, 0.717) is 15.8 Å². The number of aromatic nitrogens is 4. The van der Waals surface area contributed by atoms with Crippen molar-refractivity contribution in [3.05, 3.63) is 17.3 Å². The number of hydrogen-bond donors (Lipinski definition) is 2. The molecule has 0 unspecified atom stereocenters. The molecule has 0 amide bonds. The number of hydrogen-bond acceptors (Lipinski definition) is 9. The predicted octanol–water partition coefficient (Wildman–Crippen LogP) is 0.242. The van der Waals surface area contributed by atoms with E-state index in [-0.39, 0.29) is 0 Å². The van der Waals surface area contributed by atoms with Gasteiger partial charge in [0, 0.05) is 13.8 Å². The van der Waals surface area contributed by atoms with Crippen molar-refractivity contribution >= 4 is 35.3 Å². The summed E-state index contributed by atoms with van der Waals surface area (Å²) in [5.74, 6) is -1.16. The van der Waals surface area contributed by atoms with E-state index in [1.165, 1.54) is 26.5 Å². The van der Waals surface area contributed by atoms with Crippen molar-refractivity contribution in [3.8, 4) is 0 Å². The lowest BCUT2D eigenvalue weighted by Gasteiger charge is -2.23. The number of nitrogens with one attached hydrogen (secondary N) is 1. The predicted molar refractivity (Wildman–Crippen MR) is 84.8 cm³/mol. The zero-order chi connectivity index (χ0) is 18.1. The van der Waals surface area contributed by atoms with Gasteiger partial charge >= 0.3 is 11.9 Å². The first-order valence-electron chi connectivity index (χ1n) is 7.43. The lowest BCUT2D eigenvalue weighted by molar-refractivity contribution is -0.165. The van der Waals surface area contributed by atoms with Crippen LogP contribution < -0.4 is 0 Å². The molecule has 11 heteroatoms. The fraction of sp³-hybridized carbons (Fsp3) is 0.500. The second-order valence-corrected chi connectivity index (χ2v) is 5.84. The van der Waals surface area contributed by atoms with Crippen LogP contribution in [0, 0.1) is 4.64 Å². The Morgan fingerprint density at radius 3 is 2.64 bits per heavy atom. The van der Waals surface area contributed by atoms with E-state index < -0.39 is 43.1 Å². The average Bonchev–Trinajstić information content (AvgIpc) is 3.10. The number of esters is 2. The Morgan fingerprint density at radius 2 is 2.00 bits per heavy atom. The van der Waals surface area contributed by atoms with E-state index >= 15 is 0 Å². The lowest BCUT2D eigenvalue weighted by atomic mass is 10.1. The molecule has 1 saturated heterocycles. The summed E-state index contributed by atoms with van der Waals surface area (Å²) in [6.07, 6.45) is -0.801. The molecule has 0 radical (unpaired) electrons. The zero-order valence-corrected chi connectivity index (χ0v) is 14.2. The van der Waals surface area contributed by atoms with E-state index in [9.17, 15) is 14.7 Å². The topological polar surface area (TPSA) is 129 Å². The molecule has 1 aliphatic rings. The number of H-pyrrole nitrogens is 1. The third-order valence-electron chi connectivity index (χ3n) is 3.72. The summed E-state index contributed by atoms with van der Waals surface area (Å²) in [7, 11) is 0. The van der Waals surface area contributed by atoms with Gasteiger partial charge in [0.05, 0.1) is 19.3 Å². The summed E-state index contributed by atoms with van der Waals surface area (Å²) < 4.78 is 18.2. The van der Waals surface area contributed by atoms with Gasteiger partial charge in [-0.15, -0.1) is 0 Å². The van der Waals surface area contributed by atoms with Gasteiger partial charge in [-0.3, -0.25) is 14.2 Å². The van der Waals surface area contributed by atoms with Gasteiger partial charge < -0.3 is 24.3 Å². The number of rotatable bonds is 4. The van der Waals surface area contributed by atoms with Crippen LogP contribution in [0.25, 0.3) is 11.2 Å². The minimum absolute atomic E-state index is 0.296. The molecule has 2 aromatic rings. The molecule has 1 aliphatic heterocycles. The highest BCUT2D eigenvalue weighted by molar-refractivity contribution is 7.71. The maximum absolute atomic E-state index is 11.5. The fourth-order valence-corrected chi connectivity index (χ4v) is 3.00. The number of fused-ring (bicyclic) bond motifs is 1. The van der Waals surface area contributed by atoms with E-state index in [1.807, 2.05) is 0 Å². The second-order valence-electron chi connectivity index (χ2n) is 5.45. The number of ether oxygens (including phenoxy) is 3. The van der Waals surface area contributed by atoms with Crippen LogP contribution in [-0.2, 0) is 23.8 Å². The number of aliphatic hydroxyl groups is 1. The van der Waals surface area contributed by atoms with Gasteiger partial charge in [0.25, 0.3) is 0 Å². The van der Waals surface area contributed by atoms with E-state index in [1.54, 1.807) is 4.57 Å². The van der Waals surface area contributed by atoms with Crippen LogP contribution in [0.1, 0.15) is 20.1 Å². The third-order valence-corrected chi connectivity index (χ3v) is 4.02. The Morgan fingerprint density at radius 1 is 1.32 bits per heavy atom. The molecule has 0 aromatic carbocycles. The van der Waals surface area contributed by atoms with Crippen molar-refractivity contribution in [1.29, 1.82) is 0 Å². The van der Waals surface area contributed by atoms with Crippen molar-refractivity contribution < 1.29 is 28.9 Å². The Hall–Kier alpha value is -2.37. The van der Waals surface area contributed by atoms with Gasteiger partial charge in [-0.1, -0.05) is 12.2 Å². The molecular weight excluding hydrogens is 352 g/mol. The smallest absolute Gasteiger partial charge is 0.303 e. The summed E-state index contributed by atoms with van der Waals surface area (Å²) >= 11 is 5.12. The number of aromatic amines is 1. The summed E-state index contributed by atoms with van der Waals surface area (Å²) in [6.45, 7) is 2.04. The summed E-state index contributed by atoms with van der Waals surface area (Å²) in [5, 5.41) is 9.56. The number of imidazole rings is 1. The Labute approximate surface area is 146 Å². The molecule has 0 saturated carbocycles. The molecule has 1 fully saturated rings. The normalized spacial score (nSPS) is 25.9. The first-order valence-corrected chi connectivity index (χ1v) is 7.84. The Balaban J connectivity index is 2.05. The van der Waals surface area contributed by atoms with Crippen LogP contribution in [0.4, 0.5) is 0 Å². The molecule has 4 atom stereocenters. The quantitative estimate of drug-likeness (QED) is 0.576. The van der Waals surface area contributed by atoms with Crippen molar-refractivity contribution in [2.75, 3.05) is 6.61 Å². The van der Waals surface area contributed by atoms with E-state index in [4.69, 9.17) is 26.4 Å². The van der Waals surface area contributed by atoms with Crippen LogP contribution in [0.2, 0.25) is 0 Å². The van der Waals surface area contributed by atoms with Gasteiger partial charge in [-0.25, -0.2) is 9.97 Å². The Kier molecular flexibility index (Phi) is 4.79. The SMILES string of the molecule is CC(=O)O[C@@H]1[C@H](OC(C)=O)[C@@H](CO)O[C@H]1n1cnc2c(=S)nc[nH]c21. The lowest BCUT2D eigenvalue weighted by Crippen LogP contribution is -2.40. The van der Waals surface area contributed by atoms with Crippen LogP contribution in [-0.4, -0.2) is 61.5 Å². The molecule has 25 heavy (non-hydrogen) atoms. The zero-order valence-electron chi connectivity index (χ0n) is 13.4. The van der Waals surface area contributed by atoms with Crippen molar-refractivity contribution in [2.45, 2.75) is 38.4 Å². The molecule has 3 heterocycles. The standard InChI is InChI=1S/C14H16N4O6S/c1-6(20)22-10-8(3-19)24-14(11(10)23-7(2)21)18-5-17-9-12(18)15-4-16-13(9)25/h4-5,8,10-11,14,19H,3H2,1-2H3,(H,15,16,25)/t8-,10-,11-,14-/m1/s1. The number of carbonyl (C=O) groups is 2. The van der Waals surface area contributed by atoms with Gasteiger partial charge in [0.1, 0.15) is 17.3 Å². The highest BCUT2D eigenvalue weighted by Crippen LogP contribution is 2.35. The van der Waals surface area contributed by atoms with Crippen molar-refractivity contribution in [3.63, 3.8) is 0 Å². The maximum Gasteiger partial charge on any atom is 0.303 e. The highest BCUT2D eigenvalue weighted by Gasteiger charge is 2.50. The van der Waals surface area contributed by atoms with Crippen LogP contribution in [0.3, 0.4) is 0 Å². The van der Waals surface area contributed by atoms with Crippen molar-refractivity contribution in [1.82, 2.24) is 19.5 Å². The molecule has 2 aromatic heterocycles. The molecular formula is C14H16N4O6S. The van der Waals surface area contributed by atoms with Crippen LogP contribution in [0.5, 0.6) is 0 Å². The summed E-state index contributed by atoms with van der Waals surface area (Å²) in [4.78, 5) is 34.0. The number of carbonyl (C=O) groups excluding carboxylic acids is 2. The van der Waals surface area contributed by atoms with Crippen LogP contribution >= 0.6 is 12.2 Å². The summed E-state index contributed by atoms with van der Waals surface area (Å²) in [6, 6.07) is 0. The number of aliphatic hydroxyl groups excluding tert-OH is 1. The molecule has 0 bridgehead atoms. The summed E-state index contributed by atoms with van der Waals surface area (Å²) in [5.41, 5.74) is 0.946. The van der Waals surface area contributed by atoms with Crippen LogP contribution in [0.15, 0.2) is 12.7 Å². The Bertz CT molecular complexity index is 864.